The fourth-order valence-corrected chi connectivity index (χ4v) is 1.98. The van der Waals surface area contributed by atoms with E-state index < -0.39 is 0 Å². The molecule has 0 saturated carbocycles. The summed E-state index contributed by atoms with van der Waals surface area (Å²) < 4.78 is 0. The molecule has 2 rings (SSSR count). The summed E-state index contributed by atoms with van der Waals surface area (Å²) in [6, 6.07) is 8.74. The normalized spacial score (nSPS) is 21.7. The zero-order chi connectivity index (χ0) is 10.1. The molecule has 2 heteroatoms. The minimum atomic E-state index is 0.260. The topological polar surface area (TPSA) is 20.3 Å². The van der Waals surface area contributed by atoms with Crippen molar-refractivity contribution in [3.8, 4) is 0 Å². The summed E-state index contributed by atoms with van der Waals surface area (Å²) in [6.07, 6.45) is 1.65. The average molecular weight is 189 g/mol. The molecule has 74 valence electrons. The van der Waals surface area contributed by atoms with E-state index in [-0.39, 0.29) is 5.91 Å². The molecule has 0 N–H and O–H groups in total. The van der Waals surface area contributed by atoms with E-state index in [9.17, 15) is 4.79 Å². The highest BCUT2D eigenvalue weighted by Gasteiger charge is 2.28. The van der Waals surface area contributed by atoms with Crippen molar-refractivity contribution in [1.29, 1.82) is 0 Å². The molecule has 1 atom stereocenters. The van der Waals surface area contributed by atoms with Crippen LogP contribution in [0, 0.1) is 6.92 Å². The van der Waals surface area contributed by atoms with Gasteiger partial charge in [-0.05, 0) is 18.9 Å². The number of nitrogens with zero attached hydrogens (tertiary/aromatic N) is 1. The molecule has 0 unspecified atom stereocenters. The number of benzene rings is 1. The first kappa shape index (κ1) is 9.25. The molecule has 0 aromatic heterocycles. The molecule has 0 aliphatic carbocycles. The Labute approximate surface area is 84.5 Å². The number of hydrogen-bond acceptors (Lipinski definition) is 1. The number of aryl methyl sites for hydroxylation is 1. The van der Waals surface area contributed by atoms with Crippen LogP contribution in [0.5, 0.6) is 0 Å². The standard InChI is InChI=1S/C12H15NO/c1-9-3-5-10(6-4-9)11-7-8-12(14)13(11)2/h3-6,11H,7-8H2,1-2H3/t11-/m1/s1. The maximum absolute atomic E-state index is 11.4. The summed E-state index contributed by atoms with van der Waals surface area (Å²) in [4.78, 5) is 13.2. The van der Waals surface area contributed by atoms with Crippen molar-refractivity contribution in [3.63, 3.8) is 0 Å². The number of carbonyl (C=O) groups is 1. The smallest absolute Gasteiger partial charge is 0.222 e. The van der Waals surface area contributed by atoms with E-state index in [0.29, 0.717) is 12.5 Å². The van der Waals surface area contributed by atoms with Gasteiger partial charge in [0.15, 0.2) is 0 Å². The second-order valence-electron chi connectivity index (χ2n) is 3.97. The van der Waals surface area contributed by atoms with Crippen LogP contribution in [0.3, 0.4) is 0 Å². The first-order chi connectivity index (χ1) is 6.68. The van der Waals surface area contributed by atoms with Gasteiger partial charge in [-0.3, -0.25) is 4.79 Å². The summed E-state index contributed by atoms with van der Waals surface area (Å²) in [6.45, 7) is 2.08. The van der Waals surface area contributed by atoms with E-state index in [1.54, 1.807) is 0 Å². The van der Waals surface area contributed by atoms with E-state index in [1.807, 2.05) is 11.9 Å². The monoisotopic (exact) mass is 189 g/mol. The van der Waals surface area contributed by atoms with Crippen molar-refractivity contribution in [1.82, 2.24) is 4.90 Å². The molecule has 2 nitrogen and oxygen atoms in total. The molecule has 0 spiro atoms. The van der Waals surface area contributed by atoms with Crippen molar-refractivity contribution in [3.05, 3.63) is 35.4 Å². The van der Waals surface area contributed by atoms with Crippen LogP contribution in [0.15, 0.2) is 24.3 Å². The van der Waals surface area contributed by atoms with Crippen LogP contribution >= 0.6 is 0 Å². The van der Waals surface area contributed by atoms with Gasteiger partial charge in [-0.1, -0.05) is 29.8 Å². The van der Waals surface area contributed by atoms with Crippen LogP contribution in [-0.2, 0) is 4.79 Å². The van der Waals surface area contributed by atoms with Gasteiger partial charge in [0, 0.05) is 13.5 Å². The van der Waals surface area contributed by atoms with Crippen LogP contribution in [0.25, 0.3) is 0 Å². The molecule has 1 aliphatic rings. The van der Waals surface area contributed by atoms with Gasteiger partial charge in [-0.25, -0.2) is 0 Å². The minimum Gasteiger partial charge on any atom is -0.339 e. The Morgan fingerprint density at radius 1 is 1.29 bits per heavy atom. The van der Waals surface area contributed by atoms with Crippen LogP contribution < -0.4 is 0 Å². The lowest BCUT2D eigenvalue weighted by molar-refractivity contribution is -0.127. The molecule has 1 amide bonds. The summed E-state index contributed by atoms with van der Waals surface area (Å²) in [5.74, 6) is 0.260. The molecular weight excluding hydrogens is 174 g/mol. The maximum atomic E-state index is 11.4. The van der Waals surface area contributed by atoms with E-state index in [4.69, 9.17) is 0 Å². The molecule has 1 fully saturated rings. The maximum Gasteiger partial charge on any atom is 0.222 e. The SMILES string of the molecule is Cc1ccc([C@H]2CCC(=O)N2C)cc1. The largest absolute Gasteiger partial charge is 0.339 e. The Balaban J connectivity index is 2.23. The number of rotatable bonds is 1. The number of amides is 1. The molecule has 1 aromatic carbocycles. The third-order valence-corrected chi connectivity index (χ3v) is 2.95. The molecular formula is C12H15NO. The summed E-state index contributed by atoms with van der Waals surface area (Å²) in [5.41, 5.74) is 2.52. The summed E-state index contributed by atoms with van der Waals surface area (Å²) >= 11 is 0. The lowest BCUT2D eigenvalue weighted by Gasteiger charge is -2.20. The summed E-state index contributed by atoms with van der Waals surface area (Å²) in [7, 11) is 1.89. The summed E-state index contributed by atoms with van der Waals surface area (Å²) in [5, 5.41) is 0. The zero-order valence-corrected chi connectivity index (χ0v) is 8.66. The molecule has 0 bridgehead atoms. The molecule has 0 radical (unpaired) electrons. The first-order valence-corrected chi connectivity index (χ1v) is 5.00. The third kappa shape index (κ3) is 1.52. The fraction of sp³-hybridized carbons (Fsp3) is 0.417. The Bertz CT molecular complexity index is 342. The highest BCUT2D eigenvalue weighted by atomic mass is 16.2. The average Bonchev–Trinajstić information content (AvgIpc) is 2.50. The highest BCUT2D eigenvalue weighted by Crippen LogP contribution is 2.30. The molecule has 1 saturated heterocycles. The molecule has 1 aliphatic heterocycles. The van der Waals surface area contributed by atoms with Crippen LogP contribution in [-0.4, -0.2) is 17.9 Å². The van der Waals surface area contributed by atoms with Gasteiger partial charge in [0.25, 0.3) is 0 Å². The zero-order valence-electron chi connectivity index (χ0n) is 8.66. The molecule has 1 heterocycles. The first-order valence-electron chi connectivity index (χ1n) is 5.00. The van der Waals surface area contributed by atoms with Crippen molar-refractivity contribution >= 4 is 5.91 Å². The lowest BCUT2D eigenvalue weighted by atomic mass is 10.0. The van der Waals surface area contributed by atoms with Gasteiger partial charge in [-0.15, -0.1) is 0 Å². The van der Waals surface area contributed by atoms with Gasteiger partial charge >= 0.3 is 0 Å². The molecule has 14 heavy (non-hydrogen) atoms. The Kier molecular flexibility index (Phi) is 2.28. The second kappa shape index (κ2) is 3.45. The second-order valence-corrected chi connectivity index (χ2v) is 3.97. The quantitative estimate of drug-likeness (QED) is 0.663. The Hall–Kier alpha value is -1.31. The van der Waals surface area contributed by atoms with Gasteiger partial charge in [-0.2, -0.15) is 0 Å². The van der Waals surface area contributed by atoms with Gasteiger partial charge in [0.2, 0.25) is 5.91 Å². The van der Waals surface area contributed by atoms with E-state index in [0.717, 1.165) is 6.42 Å². The van der Waals surface area contributed by atoms with Crippen molar-refractivity contribution < 1.29 is 4.79 Å². The fourth-order valence-electron chi connectivity index (χ4n) is 1.98. The number of hydrogen-bond donors (Lipinski definition) is 0. The van der Waals surface area contributed by atoms with E-state index >= 15 is 0 Å². The third-order valence-electron chi connectivity index (χ3n) is 2.95. The van der Waals surface area contributed by atoms with Gasteiger partial charge in [0.1, 0.15) is 0 Å². The van der Waals surface area contributed by atoms with Crippen molar-refractivity contribution in [2.45, 2.75) is 25.8 Å². The minimum absolute atomic E-state index is 0.260. The predicted octanol–water partition coefficient (Wildman–Crippen LogP) is 2.29. The van der Waals surface area contributed by atoms with Crippen LogP contribution in [0.4, 0.5) is 0 Å². The van der Waals surface area contributed by atoms with Crippen LogP contribution in [0.1, 0.15) is 30.0 Å². The highest BCUT2D eigenvalue weighted by molar-refractivity contribution is 5.78. The number of carbonyl (C=O) groups excluding carboxylic acids is 1. The van der Waals surface area contributed by atoms with Crippen molar-refractivity contribution in [2.24, 2.45) is 0 Å². The lowest BCUT2D eigenvalue weighted by Crippen LogP contribution is -2.22. The van der Waals surface area contributed by atoms with Gasteiger partial charge < -0.3 is 4.90 Å². The van der Waals surface area contributed by atoms with E-state index in [2.05, 4.69) is 31.2 Å². The Morgan fingerprint density at radius 2 is 1.93 bits per heavy atom. The van der Waals surface area contributed by atoms with Crippen molar-refractivity contribution in [2.75, 3.05) is 7.05 Å². The van der Waals surface area contributed by atoms with E-state index in [1.165, 1.54) is 11.1 Å². The molecule has 1 aromatic rings. The predicted molar refractivity (Wildman–Crippen MR) is 55.9 cm³/mol. The number of likely N-dealkylation sites (tertiary alicyclic amines) is 1. The van der Waals surface area contributed by atoms with Crippen LogP contribution in [0.2, 0.25) is 0 Å². The Morgan fingerprint density at radius 3 is 2.43 bits per heavy atom. The van der Waals surface area contributed by atoms with Gasteiger partial charge in [0.05, 0.1) is 6.04 Å².